The first-order valence-electron chi connectivity index (χ1n) is 9.73. The van der Waals surface area contributed by atoms with Crippen LogP contribution in [0.25, 0.3) is 0 Å². The summed E-state index contributed by atoms with van der Waals surface area (Å²) in [5.41, 5.74) is 5.62. The van der Waals surface area contributed by atoms with Crippen LogP contribution in [0, 0.1) is 13.8 Å². The quantitative estimate of drug-likeness (QED) is 0.456. The molecule has 3 aromatic rings. The number of methoxy groups -OCH3 is 1. The van der Waals surface area contributed by atoms with E-state index in [4.69, 9.17) is 4.74 Å². The third-order valence-electron chi connectivity index (χ3n) is 4.52. The second kappa shape index (κ2) is 10.5. The van der Waals surface area contributed by atoms with Crippen LogP contribution in [0.2, 0.25) is 0 Å². The van der Waals surface area contributed by atoms with E-state index in [9.17, 15) is 9.59 Å². The van der Waals surface area contributed by atoms with Gasteiger partial charge in [0, 0.05) is 23.7 Å². The van der Waals surface area contributed by atoms with Gasteiger partial charge in [0.2, 0.25) is 11.8 Å². The van der Waals surface area contributed by atoms with Crippen molar-refractivity contribution in [1.82, 2.24) is 4.98 Å². The molecule has 2 aromatic carbocycles. The summed E-state index contributed by atoms with van der Waals surface area (Å²) in [5, 5.41) is 7.46. The van der Waals surface area contributed by atoms with Crippen LogP contribution in [0.4, 0.5) is 11.4 Å². The number of thiazole rings is 1. The van der Waals surface area contributed by atoms with Gasteiger partial charge < -0.3 is 15.4 Å². The van der Waals surface area contributed by atoms with Gasteiger partial charge in [-0.1, -0.05) is 35.5 Å². The van der Waals surface area contributed by atoms with E-state index in [1.54, 1.807) is 41.3 Å². The molecule has 0 fully saturated rings. The van der Waals surface area contributed by atoms with Crippen molar-refractivity contribution < 1.29 is 14.3 Å². The molecule has 3 rings (SSSR count). The number of nitrogens with zero attached hydrogens (tertiary/aromatic N) is 1. The minimum absolute atomic E-state index is 0.161. The highest BCUT2D eigenvalue weighted by atomic mass is 32.2. The lowest BCUT2D eigenvalue weighted by Crippen LogP contribution is -2.15. The maximum Gasteiger partial charge on any atom is 0.230 e. The summed E-state index contributed by atoms with van der Waals surface area (Å²) in [6.45, 7) is 5.64. The zero-order chi connectivity index (χ0) is 22.4. The molecule has 2 N–H and O–H groups in total. The zero-order valence-corrected chi connectivity index (χ0v) is 19.6. The summed E-state index contributed by atoms with van der Waals surface area (Å²) in [7, 11) is 1.53. The Hall–Kier alpha value is -2.84. The van der Waals surface area contributed by atoms with Crippen molar-refractivity contribution in [3.63, 3.8) is 0 Å². The molecule has 6 nitrogen and oxygen atoms in total. The molecule has 1 heterocycles. The Balaban J connectivity index is 1.61. The molecular weight excluding hydrogens is 430 g/mol. The summed E-state index contributed by atoms with van der Waals surface area (Å²) in [6, 6.07) is 11.5. The fourth-order valence-electron chi connectivity index (χ4n) is 2.98. The molecule has 0 spiro atoms. The Labute approximate surface area is 190 Å². The predicted octanol–water partition coefficient (Wildman–Crippen LogP) is 5.20. The number of thioether (sulfide) groups is 1. The first-order chi connectivity index (χ1) is 14.8. The van der Waals surface area contributed by atoms with Crippen molar-refractivity contribution in [2.45, 2.75) is 37.3 Å². The maximum absolute atomic E-state index is 12.6. The number of hydrogen-bond acceptors (Lipinski definition) is 6. The van der Waals surface area contributed by atoms with E-state index in [1.807, 2.05) is 5.38 Å². The van der Waals surface area contributed by atoms with Crippen molar-refractivity contribution >= 4 is 46.3 Å². The molecule has 0 unspecified atom stereocenters. The lowest BCUT2D eigenvalue weighted by molar-refractivity contribution is -0.116. The number of amides is 2. The topological polar surface area (TPSA) is 80.3 Å². The monoisotopic (exact) mass is 455 g/mol. The fourth-order valence-corrected chi connectivity index (χ4v) is 4.88. The molecule has 162 valence electrons. The van der Waals surface area contributed by atoms with Gasteiger partial charge in [0.15, 0.2) is 0 Å². The van der Waals surface area contributed by atoms with Crippen LogP contribution in [0.15, 0.2) is 46.1 Å². The molecule has 0 aliphatic rings. The SMILES string of the molecule is COc1ccc(NC(C)=O)cc1NC(=O)Cc1csc(SCc2cc(C)ccc2C)n1. The van der Waals surface area contributed by atoms with Crippen LogP contribution in [-0.4, -0.2) is 23.9 Å². The highest BCUT2D eigenvalue weighted by molar-refractivity contribution is 8.00. The minimum atomic E-state index is -0.199. The van der Waals surface area contributed by atoms with Crippen molar-refractivity contribution in [3.05, 3.63) is 64.2 Å². The van der Waals surface area contributed by atoms with Crippen LogP contribution in [0.5, 0.6) is 5.75 Å². The molecule has 0 atom stereocenters. The van der Waals surface area contributed by atoms with Crippen molar-refractivity contribution in [1.29, 1.82) is 0 Å². The Kier molecular flexibility index (Phi) is 7.70. The van der Waals surface area contributed by atoms with Gasteiger partial charge in [-0.05, 0) is 43.2 Å². The molecule has 8 heteroatoms. The van der Waals surface area contributed by atoms with E-state index in [0.29, 0.717) is 17.1 Å². The normalized spacial score (nSPS) is 10.6. The van der Waals surface area contributed by atoms with Crippen LogP contribution in [0.1, 0.15) is 29.3 Å². The van der Waals surface area contributed by atoms with E-state index >= 15 is 0 Å². The number of carbonyl (C=O) groups excluding carboxylic acids is 2. The van der Waals surface area contributed by atoms with Crippen LogP contribution < -0.4 is 15.4 Å². The van der Waals surface area contributed by atoms with Crippen LogP contribution >= 0.6 is 23.1 Å². The van der Waals surface area contributed by atoms with E-state index in [2.05, 4.69) is 47.7 Å². The highest BCUT2D eigenvalue weighted by Gasteiger charge is 2.13. The molecule has 0 saturated carbocycles. The lowest BCUT2D eigenvalue weighted by Gasteiger charge is -2.12. The Morgan fingerprint density at radius 2 is 1.94 bits per heavy atom. The predicted molar refractivity (Wildman–Crippen MR) is 127 cm³/mol. The summed E-state index contributed by atoms with van der Waals surface area (Å²) in [4.78, 5) is 28.4. The molecule has 0 aliphatic carbocycles. The molecule has 0 radical (unpaired) electrons. The molecule has 2 amide bonds. The van der Waals surface area contributed by atoms with E-state index in [1.165, 1.54) is 30.7 Å². The largest absolute Gasteiger partial charge is 0.495 e. The van der Waals surface area contributed by atoms with Gasteiger partial charge in [0.25, 0.3) is 0 Å². The average Bonchev–Trinajstić information content (AvgIpc) is 3.15. The Bertz CT molecular complexity index is 1100. The number of benzene rings is 2. The molecule has 31 heavy (non-hydrogen) atoms. The second-order valence-corrected chi connectivity index (χ2v) is 9.23. The number of ether oxygens (including phenoxy) is 1. The maximum atomic E-state index is 12.6. The first-order valence-corrected chi connectivity index (χ1v) is 11.6. The van der Waals surface area contributed by atoms with Crippen LogP contribution in [-0.2, 0) is 21.8 Å². The van der Waals surface area contributed by atoms with E-state index in [-0.39, 0.29) is 18.2 Å². The van der Waals surface area contributed by atoms with Crippen LogP contribution in [0.3, 0.4) is 0 Å². The Morgan fingerprint density at radius 1 is 1.13 bits per heavy atom. The number of carbonyl (C=O) groups is 2. The number of aryl methyl sites for hydroxylation is 2. The lowest BCUT2D eigenvalue weighted by atomic mass is 10.1. The number of rotatable bonds is 8. The van der Waals surface area contributed by atoms with E-state index in [0.717, 1.165) is 15.8 Å². The first kappa shape index (κ1) is 22.8. The van der Waals surface area contributed by atoms with E-state index < -0.39 is 0 Å². The van der Waals surface area contributed by atoms with Gasteiger partial charge in [-0.25, -0.2) is 4.98 Å². The van der Waals surface area contributed by atoms with Crippen molar-refractivity contribution in [3.8, 4) is 5.75 Å². The molecule has 0 saturated heterocycles. The van der Waals surface area contributed by atoms with Gasteiger partial charge in [-0.15, -0.1) is 11.3 Å². The number of aromatic nitrogens is 1. The molecule has 1 aromatic heterocycles. The van der Waals surface area contributed by atoms with Gasteiger partial charge in [-0.3, -0.25) is 9.59 Å². The second-order valence-electron chi connectivity index (χ2n) is 7.14. The third-order valence-corrected chi connectivity index (χ3v) is 6.64. The van der Waals surface area contributed by atoms with Gasteiger partial charge >= 0.3 is 0 Å². The van der Waals surface area contributed by atoms with Gasteiger partial charge in [0.1, 0.15) is 10.1 Å². The smallest absolute Gasteiger partial charge is 0.230 e. The summed E-state index contributed by atoms with van der Waals surface area (Å²) in [6.07, 6.45) is 0.161. The number of nitrogens with one attached hydrogen (secondary N) is 2. The molecular formula is C23H25N3O3S2. The summed E-state index contributed by atoms with van der Waals surface area (Å²) in [5.74, 6) is 0.982. The van der Waals surface area contributed by atoms with Crippen molar-refractivity contribution in [2.75, 3.05) is 17.7 Å². The molecule has 0 bridgehead atoms. The number of hydrogen-bond donors (Lipinski definition) is 2. The zero-order valence-electron chi connectivity index (χ0n) is 17.9. The Morgan fingerprint density at radius 3 is 2.68 bits per heavy atom. The highest BCUT2D eigenvalue weighted by Crippen LogP contribution is 2.30. The standard InChI is InChI=1S/C23H25N3O3S2/c1-14-5-6-15(2)17(9-14)12-30-23-25-19(13-31-23)11-22(28)26-20-10-18(24-16(3)27)7-8-21(20)29-4/h5-10,13H,11-12H2,1-4H3,(H,24,27)(H,26,28). The van der Waals surface area contributed by atoms with Gasteiger partial charge in [-0.2, -0.15) is 0 Å². The average molecular weight is 456 g/mol. The van der Waals surface area contributed by atoms with Crippen molar-refractivity contribution in [2.24, 2.45) is 0 Å². The molecule has 0 aliphatic heterocycles. The number of anilines is 2. The third kappa shape index (κ3) is 6.57. The summed E-state index contributed by atoms with van der Waals surface area (Å²) < 4.78 is 6.25. The van der Waals surface area contributed by atoms with Gasteiger partial charge in [0.05, 0.1) is 24.9 Å². The summed E-state index contributed by atoms with van der Waals surface area (Å²) >= 11 is 3.22. The fraction of sp³-hybridized carbons (Fsp3) is 0.261. The minimum Gasteiger partial charge on any atom is -0.495 e.